The minimum atomic E-state index is -0.982. The van der Waals surface area contributed by atoms with Crippen molar-refractivity contribution in [2.24, 2.45) is 11.8 Å². The third-order valence-electron chi connectivity index (χ3n) is 3.24. The molecule has 0 fully saturated rings. The fraction of sp³-hybridized carbons (Fsp3) is 0.714. The molecule has 0 aromatic rings. The molecule has 2 amide bonds. The van der Waals surface area contributed by atoms with Crippen LogP contribution in [0.15, 0.2) is 12.2 Å². The molecular weight excluding hydrogens is 244 g/mol. The second-order valence-corrected chi connectivity index (χ2v) is 5.53. The van der Waals surface area contributed by atoms with Gasteiger partial charge in [-0.3, -0.25) is 0 Å². The van der Waals surface area contributed by atoms with Crippen LogP contribution in [0, 0.1) is 11.8 Å². The smallest absolute Gasteiger partial charge is 0.326 e. The Balaban J connectivity index is 2.31. The van der Waals surface area contributed by atoms with Crippen LogP contribution in [0.2, 0.25) is 0 Å². The lowest BCUT2D eigenvalue weighted by Crippen LogP contribution is -2.47. The average Bonchev–Trinajstić information content (AvgIpc) is 2.36. The highest BCUT2D eigenvalue weighted by Gasteiger charge is 2.21. The Hall–Kier alpha value is -1.52. The molecule has 1 unspecified atom stereocenters. The molecule has 0 radical (unpaired) electrons. The Labute approximate surface area is 114 Å². The summed E-state index contributed by atoms with van der Waals surface area (Å²) < 4.78 is 0. The molecule has 0 aromatic heterocycles. The molecule has 0 bridgehead atoms. The van der Waals surface area contributed by atoms with Crippen molar-refractivity contribution in [1.29, 1.82) is 0 Å². The van der Waals surface area contributed by atoms with Crippen LogP contribution in [0.5, 0.6) is 0 Å². The summed E-state index contributed by atoms with van der Waals surface area (Å²) in [6.07, 6.45) is 7.83. The third-order valence-corrected chi connectivity index (χ3v) is 3.24. The van der Waals surface area contributed by atoms with Crippen molar-refractivity contribution in [2.45, 2.75) is 45.6 Å². The van der Waals surface area contributed by atoms with Crippen LogP contribution in [0.1, 0.15) is 39.5 Å². The lowest BCUT2D eigenvalue weighted by molar-refractivity contribution is -0.139. The second kappa shape index (κ2) is 7.81. The predicted molar refractivity (Wildman–Crippen MR) is 73.9 cm³/mol. The van der Waals surface area contributed by atoms with Gasteiger partial charge in [0.25, 0.3) is 0 Å². The van der Waals surface area contributed by atoms with Gasteiger partial charge < -0.3 is 15.7 Å². The fourth-order valence-corrected chi connectivity index (χ4v) is 2.18. The topological polar surface area (TPSA) is 78.4 Å². The van der Waals surface area contributed by atoms with Crippen molar-refractivity contribution in [1.82, 2.24) is 10.6 Å². The van der Waals surface area contributed by atoms with Gasteiger partial charge in [-0.15, -0.1) is 0 Å². The minimum absolute atomic E-state index is 0.227. The van der Waals surface area contributed by atoms with Crippen molar-refractivity contribution >= 4 is 12.0 Å². The molecule has 0 aromatic carbocycles. The maximum Gasteiger partial charge on any atom is 0.326 e. The van der Waals surface area contributed by atoms with E-state index in [0.717, 1.165) is 19.3 Å². The molecule has 5 nitrogen and oxygen atoms in total. The molecule has 3 N–H and O–H groups in total. The minimum Gasteiger partial charge on any atom is -0.480 e. The average molecular weight is 268 g/mol. The first-order valence-corrected chi connectivity index (χ1v) is 6.91. The summed E-state index contributed by atoms with van der Waals surface area (Å²) in [6, 6.07) is -1.20. The normalized spacial score (nSPS) is 20.1. The Bertz CT molecular complexity index is 340. The molecule has 0 aliphatic heterocycles. The van der Waals surface area contributed by atoms with E-state index < -0.39 is 12.0 Å². The van der Waals surface area contributed by atoms with E-state index >= 15 is 0 Å². The Morgan fingerprint density at radius 2 is 2.11 bits per heavy atom. The lowest BCUT2D eigenvalue weighted by atomic mass is 9.94. The van der Waals surface area contributed by atoms with Crippen molar-refractivity contribution in [3.05, 3.63) is 12.2 Å². The van der Waals surface area contributed by atoms with Crippen LogP contribution >= 0.6 is 0 Å². The molecule has 2 atom stereocenters. The van der Waals surface area contributed by atoms with E-state index in [1.807, 2.05) is 13.8 Å². The monoisotopic (exact) mass is 268 g/mol. The Morgan fingerprint density at radius 1 is 1.37 bits per heavy atom. The number of hydrogen-bond donors (Lipinski definition) is 3. The van der Waals surface area contributed by atoms with Gasteiger partial charge in [0.2, 0.25) is 0 Å². The molecule has 0 spiro atoms. The number of carbonyl (C=O) groups excluding carboxylic acids is 1. The summed E-state index contributed by atoms with van der Waals surface area (Å²) in [5, 5.41) is 14.3. The highest BCUT2D eigenvalue weighted by molar-refractivity contribution is 5.82. The number of carbonyl (C=O) groups is 2. The van der Waals surface area contributed by atoms with E-state index in [0.29, 0.717) is 18.9 Å². The number of aliphatic carboxylic acids is 1. The number of rotatable bonds is 6. The van der Waals surface area contributed by atoms with E-state index in [1.54, 1.807) is 0 Å². The summed E-state index contributed by atoms with van der Waals surface area (Å²) in [6.45, 7) is 4.47. The van der Waals surface area contributed by atoms with Crippen molar-refractivity contribution in [3.8, 4) is 0 Å². The number of allylic oxidation sites excluding steroid dienone is 2. The van der Waals surface area contributed by atoms with Gasteiger partial charge in [0, 0.05) is 6.54 Å². The largest absolute Gasteiger partial charge is 0.480 e. The first-order valence-electron chi connectivity index (χ1n) is 6.91. The highest BCUT2D eigenvalue weighted by Crippen LogP contribution is 2.16. The summed E-state index contributed by atoms with van der Waals surface area (Å²) >= 11 is 0. The quantitative estimate of drug-likeness (QED) is 0.646. The first kappa shape index (κ1) is 15.5. The van der Waals surface area contributed by atoms with E-state index in [1.165, 1.54) is 0 Å². The fourth-order valence-electron chi connectivity index (χ4n) is 2.18. The Morgan fingerprint density at radius 3 is 2.63 bits per heavy atom. The SMILES string of the molecule is CC(C)C[C@H](NC(=O)NCC1CC=CCC1)C(=O)O. The number of amides is 2. The molecule has 5 heteroatoms. The van der Waals surface area contributed by atoms with E-state index in [2.05, 4.69) is 22.8 Å². The van der Waals surface area contributed by atoms with Crippen LogP contribution in [0.25, 0.3) is 0 Å². The number of urea groups is 1. The zero-order chi connectivity index (χ0) is 14.3. The third kappa shape index (κ3) is 6.27. The first-order chi connectivity index (χ1) is 8.99. The van der Waals surface area contributed by atoms with Gasteiger partial charge in [-0.1, -0.05) is 26.0 Å². The molecule has 1 aliphatic rings. The van der Waals surface area contributed by atoms with Gasteiger partial charge in [0.15, 0.2) is 0 Å². The summed E-state index contributed by atoms with van der Waals surface area (Å²) in [5.74, 6) is -0.293. The molecule has 1 aliphatic carbocycles. The molecular formula is C14H24N2O3. The maximum atomic E-state index is 11.7. The van der Waals surface area contributed by atoms with Crippen molar-refractivity contribution in [3.63, 3.8) is 0 Å². The van der Waals surface area contributed by atoms with Gasteiger partial charge in [-0.05, 0) is 37.5 Å². The van der Waals surface area contributed by atoms with Crippen molar-refractivity contribution in [2.75, 3.05) is 6.54 Å². The zero-order valence-electron chi connectivity index (χ0n) is 11.7. The number of carboxylic acids is 1. The van der Waals surface area contributed by atoms with E-state index in [9.17, 15) is 9.59 Å². The molecule has 1 rings (SSSR count). The molecule has 0 saturated heterocycles. The summed E-state index contributed by atoms with van der Waals surface area (Å²) in [5.41, 5.74) is 0. The standard InChI is InChI=1S/C14H24N2O3/c1-10(2)8-12(13(17)18)16-14(19)15-9-11-6-4-3-5-7-11/h3-4,10-12H,5-9H2,1-2H3,(H,17,18)(H2,15,16,19)/t11?,12-/m0/s1. The number of carboxylic acid groups (broad SMARTS) is 1. The van der Waals surface area contributed by atoms with Crippen molar-refractivity contribution < 1.29 is 14.7 Å². The van der Waals surface area contributed by atoms with Gasteiger partial charge in [-0.25, -0.2) is 9.59 Å². The summed E-state index contributed by atoms with van der Waals surface area (Å²) in [7, 11) is 0. The van der Waals surface area contributed by atoms with Gasteiger partial charge in [-0.2, -0.15) is 0 Å². The lowest BCUT2D eigenvalue weighted by Gasteiger charge is -2.20. The van der Waals surface area contributed by atoms with Crippen LogP contribution in [-0.4, -0.2) is 29.7 Å². The Kier molecular flexibility index (Phi) is 6.39. The van der Waals surface area contributed by atoms with Gasteiger partial charge >= 0.3 is 12.0 Å². The van der Waals surface area contributed by atoms with Crippen LogP contribution in [0.4, 0.5) is 4.79 Å². The molecule has 108 valence electrons. The highest BCUT2D eigenvalue weighted by atomic mass is 16.4. The van der Waals surface area contributed by atoms with Crippen LogP contribution in [-0.2, 0) is 4.79 Å². The van der Waals surface area contributed by atoms with E-state index in [4.69, 9.17) is 5.11 Å². The molecule has 19 heavy (non-hydrogen) atoms. The second-order valence-electron chi connectivity index (χ2n) is 5.53. The number of nitrogens with one attached hydrogen (secondary N) is 2. The zero-order valence-corrected chi connectivity index (χ0v) is 11.7. The summed E-state index contributed by atoms with van der Waals surface area (Å²) in [4.78, 5) is 22.7. The molecule has 0 saturated carbocycles. The van der Waals surface area contributed by atoms with Crippen LogP contribution in [0.3, 0.4) is 0 Å². The van der Waals surface area contributed by atoms with Gasteiger partial charge in [0.05, 0.1) is 0 Å². The maximum absolute atomic E-state index is 11.7. The number of hydrogen-bond acceptors (Lipinski definition) is 2. The van der Waals surface area contributed by atoms with E-state index in [-0.39, 0.29) is 11.9 Å². The molecule has 0 heterocycles. The van der Waals surface area contributed by atoms with Crippen LogP contribution < -0.4 is 10.6 Å². The van der Waals surface area contributed by atoms with Gasteiger partial charge in [0.1, 0.15) is 6.04 Å². The predicted octanol–water partition coefficient (Wildman–Crippen LogP) is 2.14.